The Morgan fingerprint density at radius 3 is 1.78 bits per heavy atom. The van der Waals surface area contributed by atoms with Crippen molar-refractivity contribution < 1.29 is 38.7 Å². The molecule has 13 nitrogen and oxygen atoms in total. The molecule has 6 aromatic rings. The van der Waals surface area contributed by atoms with Crippen molar-refractivity contribution in [3.8, 4) is 11.1 Å². The van der Waals surface area contributed by atoms with Gasteiger partial charge in [-0.25, -0.2) is 4.79 Å². The highest BCUT2D eigenvalue weighted by molar-refractivity contribution is 7.09. The van der Waals surface area contributed by atoms with Crippen LogP contribution in [0, 0.1) is 17.8 Å². The molecule has 3 aliphatic rings. The Morgan fingerprint density at radius 2 is 1.15 bits per heavy atom. The number of benzene rings is 5. The monoisotopic (exact) mass is 999 g/mol. The summed E-state index contributed by atoms with van der Waals surface area (Å²) in [5, 5.41) is 26.8. The summed E-state index contributed by atoms with van der Waals surface area (Å²) in [6.07, 6.45) is 2.72. The second-order valence-electron chi connectivity index (χ2n) is 19.1. The molecule has 0 radical (unpaired) electrons. The zero-order chi connectivity index (χ0) is 51.1. The Kier molecular flexibility index (Phi) is 17.8. The minimum atomic E-state index is -1.30. The van der Waals surface area contributed by atoms with Crippen LogP contribution in [0.5, 0.6) is 0 Å². The zero-order valence-corrected chi connectivity index (χ0v) is 41.4. The summed E-state index contributed by atoms with van der Waals surface area (Å²) >= 11 is 1.43. The van der Waals surface area contributed by atoms with Crippen LogP contribution in [0.1, 0.15) is 65.7 Å². The number of carboxylic acid groups (broad SMARTS) is 1. The van der Waals surface area contributed by atoms with Crippen LogP contribution in [0.15, 0.2) is 157 Å². The van der Waals surface area contributed by atoms with Crippen LogP contribution in [0.25, 0.3) is 11.1 Å². The van der Waals surface area contributed by atoms with Crippen LogP contribution in [0.2, 0.25) is 0 Å². The van der Waals surface area contributed by atoms with Gasteiger partial charge in [-0.05, 0) is 89.1 Å². The van der Waals surface area contributed by atoms with Crippen LogP contribution >= 0.6 is 11.3 Å². The van der Waals surface area contributed by atoms with E-state index in [4.69, 9.17) is 0 Å². The standard InChI is InChI=1S/C59H61N5O8S/c65-53-36-44(54(66)64-52(59(71)72)35-39-15-6-2-7-16-39)33-40-24-29-45(30-25-40)60-55(67)47-20-10-11-21-48(47)56(68)62-51(37-46-19-12-32-73-46)58(70)63-50(57(69)61-49(53)31-26-38-13-4-1-5-14-38)34-41-22-27-43(28-23-41)42-17-8-3-9-18-42/h1-9,12-19,22-25,27-30,32,44,47-52H,10-11,20-21,26,31,33-37H2,(H,60,67)(H,61,69)(H,62,68)(H,63,70)(H,64,66)(H,71,72)/t44-,47+,48+,49-,50+,51-,52-/m0/s1. The van der Waals surface area contributed by atoms with Crippen LogP contribution in [-0.4, -0.2) is 70.6 Å². The van der Waals surface area contributed by atoms with Crippen LogP contribution in [0.3, 0.4) is 0 Å². The molecule has 5 amide bonds. The van der Waals surface area contributed by atoms with E-state index < -0.39 is 77.3 Å². The molecule has 6 N–H and O–H groups in total. The number of aryl methyl sites for hydroxylation is 1. The van der Waals surface area contributed by atoms with Crippen molar-refractivity contribution in [1.82, 2.24) is 21.3 Å². The first kappa shape index (κ1) is 51.6. The summed E-state index contributed by atoms with van der Waals surface area (Å²) in [7, 11) is 0. The summed E-state index contributed by atoms with van der Waals surface area (Å²) in [6.45, 7) is 0. The Bertz CT molecular complexity index is 2830. The number of anilines is 1. The molecular formula is C59H61N5O8S. The molecule has 1 aliphatic carbocycles. The minimum Gasteiger partial charge on any atom is -0.480 e. The van der Waals surface area contributed by atoms with Crippen LogP contribution in [-0.2, 0) is 65.7 Å². The average molecular weight is 1000 g/mol. The van der Waals surface area contributed by atoms with Gasteiger partial charge in [-0.3, -0.25) is 28.8 Å². The van der Waals surface area contributed by atoms with E-state index in [1.807, 2.05) is 109 Å². The molecule has 5 aromatic carbocycles. The summed E-state index contributed by atoms with van der Waals surface area (Å²) < 4.78 is 0. The lowest BCUT2D eigenvalue weighted by Crippen LogP contribution is -2.58. The summed E-state index contributed by atoms with van der Waals surface area (Å²) in [6, 6.07) is 41.7. The van der Waals surface area contributed by atoms with Crippen molar-refractivity contribution in [3.05, 3.63) is 184 Å². The lowest BCUT2D eigenvalue weighted by atomic mass is 9.78. The summed E-state index contributed by atoms with van der Waals surface area (Å²) in [4.78, 5) is 101. The molecule has 376 valence electrons. The number of hydrogen-bond donors (Lipinski definition) is 6. The third kappa shape index (κ3) is 14.5. The highest BCUT2D eigenvalue weighted by atomic mass is 32.1. The third-order valence-electron chi connectivity index (χ3n) is 13.9. The average Bonchev–Trinajstić information content (AvgIpc) is 3.93. The minimum absolute atomic E-state index is 0.00593. The van der Waals surface area contributed by atoms with E-state index in [9.17, 15) is 38.7 Å². The first-order valence-electron chi connectivity index (χ1n) is 25.1. The zero-order valence-electron chi connectivity index (χ0n) is 40.5. The van der Waals surface area contributed by atoms with Crippen LogP contribution < -0.4 is 26.6 Å². The van der Waals surface area contributed by atoms with Gasteiger partial charge in [-0.2, -0.15) is 0 Å². The van der Waals surface area contributed by atoms with Gasteiger partial charge >= 0.3 is 5.97 Å². The van der Waals surface area contributed by atoms with Crippen molar-refractivity contribution in [1.29, 1.82) is 0 Å². The number of carbonyl (C=O) groups excluding carboxylic acids is 6. The fourth-order valence-electron chi connectivity index (χ4n) is 9.83. The normalized spacial score (nSPS) is 21.5. The lowest BCUT2D eigenvalue weighted by Gasteiger charge is -2.31. The quantitative estimate of drug-likeness (QED) is 0.0633. The van der Waals surface area contributed by atoms with Crippen molar-refractivity contribution in [2.24, 2.45) is 17.8 Å². The molecule has 0 spiro atoms. The molecule has 1 saturated carbocycles. The second-order valence-corrected chi connectivity index (χ2v) is 20.1. The molecule has 2 bridgehead atoms. The Morgan fingerprint density at radius 1 is 0.575 bits per heavy atom. The van der Waals surface area contributed by atoms with Gasteiger partial charge in [0.1, 0.15) is 18.1 Å². The van der Waals surface area contributed by atoms with Crippen molar-refractivity contribution in [2.75, 3.05) is 5.32 Å². The fourth-order valence-corrected chi connectivity index (χ4v) is 10.6. The number of aliphatic carboxylic acids is 1. The first-order valence-corrected chi connectivity index (χ1v) is 25.9. The van der Waals surface area contributed by atoms with Gasteiger partial charge in [0, 0.05) is 54.0 Å². The molecular weight excluding hydrogens is 939 g/mol. The maximum Gasteiger partial charge on any atom is 0.326 e. The van der Waals surface area contributed by atoms with Crippen molar-refractivity contribution in [3.63, 3.8) is 0 Å². The topological polar surface area (TPSA) is 200 Å². The molecule has 0 saturated heterocycles. The molecule has 1 aromatic heterocycles. The maximum absolute atomic E-state index is 15.0. The number of Topliss-reactive ketones (excluding diaryl/α,β-unsaturated/α-hetero) is 1. The number of amides is 5. The van der Waals surface area contributed by atoms with E-state index in [-0.39, 0.29) is 44.4 Å². The number of ketones is 1. The highest BCUT2D eigenvalue weighted by Crippen LogP contribution is 2.32. The predicted octanol–water partition coefficient (Wildman–Crippen LogP) is 7.68. The van der Waals surface area contributed by atoms with Gasteiger partial charge < -0.3 is 31.7 Å². The molecule has 14 heteroatoms. The number of hydrogen-bond acceptors (Lipinski definition) is 8. The largest absolute Gasteiger partial charge is 0.480 e. The van der Waals surface area contributed by atoms with Crippen molar-refractivity contribution >= 4 is 58.3 Å². The molecule has 3 heterocycles. The van der Waals surface area contributed by atoms with Crippen LogP contribution in [0.4, 0.5) is 5.69 Å². The van der Waals surface area contributed by atoms with Gasteiger partial charge in [0.2, 0.25) is 29.5 Å². The van der Waals surface area contributed by atoms with E-state index in [0.29, 0.717) is 36.1 Å². The van der Waals surface area contributed by atoms with Gasteiger partial charge in [0.15, 0.2) is 5.78 Å². The highest BCUT2D eigenvalue weighted by Gasteiger charge is 2.39. The molecule has 1 fully saturated rings. The van der Waals surface area contributed by atoms with Gasteiger partial charge in [0.25, 0.3) is 0 Å². The number of nitrogens with one attached hydrogen (secondary N) is 5. The molecule has 73 heavy (non-hydrogen) atoms. The predicted molar refractivity (Wildman–Crippen MR) is 281 cm³/mol. The van der Waals surface area contributed by atoms with E-state index in [0.717, 1.165) is 40.0 Å². The van der Waals surface area contributed by atoms with E-state index in [1.165, 1.54) is 11.3 Å². The molecule has 9 rings (SSSR count). The number of thiophene rings is 1. The molecule has 0 unspecified atom stereocenters. The lowest BCUT2D eigenvalue weighted by molar-refractivity contribution is -0.142. The Labute approximate surface area is 429 Å². The number of rotatable bonds is 13. The first-order chi connectivity index (χ1) is 35.4. The number of carbonyl (C=O) groups is 7. The van der Waals surface area contributed by atoms with Gasteiger partial charge in [-0.15, -0.1) is 11.3 Å². The number of fused-ring (bicyclic) bond motifs is 15. The second kappa shape index (κ2) is 25.1. The van der Waals surface area contributed by atoms with Crippen molar-refractivity contribution in [2.45, 2.75) is 94.8 Å². The molecule has 2 aliphatic heterocycles. The Hall–Kier alpha value is -7.71. The SMILES string of the molecule is O=C(N[C@@H](Cc1ccccc1)C(=O)O)[C@@H]1CC(=O)[C@H](CCc2ccccc2)NC(=O)[C@@H](Cc2ccc(-c3ccccc3)cc2)NC(=O)[C@H](Cc2cccs2)NC(=O)[C@@H]2CCCC[C@H]2C(=O)Nc2ccc(cc2)C1. The van der Waals surface area contributed by atoms with E-state index in [1.54, 1.807) is 48.5 Å². The fraction of sp³-hybridized carbons (Fsp3) is 0.305. The third-order valence-corrected chi connectivity index (χ3v) is 14.8. The molecule has 7 atom stereocenters. The number of carboxylic acids is 1. The Balaban J connectivity index is 1.16. The van der Waals surface area contributed by atoms with E-state index in [2.05, 4.69) is 26.6 Å². The summed E-state index contributed by atoms with van der Waals surface area (Å²) in [5.41, 5.74) is 5.40. The van der Waals surface area contributed by atoms with Gasteiger partial charge in [0.05, 0.1) is 6.04 Å². The van der Waals surface area contributed by atoms with Gasteiger partial charge in [-0.1, -0.05) is 146 Å². The maximum atomic E-state index is 15.0. The summed E-state index contributed by atoms with van der Waals surface area (Å²) in [5.74, 6) is -6.87. The smallest absolute Gasteiger partial charge is 0.326 e. The van der Waals surface area contributed by atoms with E-state index >= 15 is 0 Å².